The summed E-state index contributed by atoms with van der Waals surface area (Å²) in [5, 5.41) is 1.70. The molecule has 0 aromatic heterocycles. The van der Waals surface area contributed by atoms with Crippen LogP contribution in [0.15, 0.2) is 60.7 Å². The van der Waals surface area contributed by atoms with E-state index in [1.807, 2.05) is 12.1 Å². The molecule has 0 nitrogen and oxygen atoms in total. The van der Waals surface area contributed by atoms with E-state index in [9.17, 15) is 4.39 Å². The minimum Gasteiger partial charge on any atom is -0.206 e. The molecule has 3 aromatic rings. The second-order valence-electron chi connectivity index (χ2n) is 8.54. The Morgan fingerprint density at radius 2 is 1.54 bits per heavy atom. The molecule has 0 aliphatic heterocycles. The van der Waals surface area contributed by atoms with Crippen molar-refractivity contribution >= 4 is 10.8 Å². The Hall–Kier alpha value is -2.15. The zero-order chi connectivity index (χ0) is 19.3. The van der Waals surface area contributed by atoms with Crippen LogP contribution in [0.2, 0.25) is 0 Å². The normalized spacial score (nSPS) is 19.8. The van der Waals surface area contributed by atoms with Gasteiger partial charge in [0.1, 0.15) is 5.82 Å². The van der Waals surface area contributed by atoms with Gasteiger partial charge < -0.3 is 0 Å². The van der Waals surface area contributed by atoms with E-state index in [0.29, 0.717) is 5.39 Å². The number of fused-ring (bicyclic) bond motifs is 1. The van der Waals surface area contributed by atoms with Gasteiger partial charge in [0.25, 0.3) is 0 Å². The lowest BCUT2D eigenvalue weighted by Crippen LogP contribution is -2.13. The minimum atomic E-state index is -0.136. The van der Waals surface area contributed by atoms with E-state index in [-0.39, 0.29) is 5.82 Å². The summed E-state index contributed by atoms with van der Waals surface area (Å²) in [5.74, 6) is 1.59. The smallest absolute Gasteiger partial charge is 0.131 e. The topological polar surface area (TPSA) is 0 Å². The van der Waals surface area contributed by atoms with Gasteiger partial charge in [0, 0.05) is 5.39 Å². The molecule has 0 heterocycles. The molecule has 0 radical (unpaired) electrons. The Labute approximate surface area is 168 Å². The van der Waals surface area contributed by atoms with Crippen molar-refractivity contribution in [3.63, 3.8) is 0 Å². The molecule has 3 aromatic carbocycles. The van der Waals surface area contributed by atoms with Gasteiger partial charge in [-0.25, -0.2) is 4.39 Å². The van der Waals surface area contributed by atoms with E-state index in [1.165, 1.54) is 61.3 Å². The fraction of sp³-hybridized carbons (Fsp3) is 0.407. The monoisotopic (exact) mass is 374 g/mol. The Morgan fingerprint density at radius 1 is 0.821 bits per heavy atom. The second kappa shape index (κ2) is 8.90. The van der Waals surface area contributed by atoms with E-state index >= 15 is 0 Å². The van der Waals surface area contributed by atoms with Crippen LogP contribution in [-0.2, 0) is 12.8 Å². The molecule has 0 amide bonds. The van der Waals surface area contributed by atoms with Crippen molar-refractivity contribution in [1.82, 2.24) is 0 Å². The van der Waals surface area contributed by atoms with Gasteiger partial charge >= 0.3 is 0 Å². The predicted molar refractivity (Wildman–Crippen MR) is 117 cm³/mol. The molecule has 0 unspecified atom stereocenters. The van der Waals surface area contributed by atoms with Gasteiger partial charge in [-0.2, -0.15) is 0 Å². The third kappa shape index (κ3) is 4.46. The number of rotatable bonds is 6. The first-order valence-electron chi connectivity index (χ1n) is 11.0. The van der Waals surface area contributed by atoms with Gasteiger partial charge in [0.2, 0.25) is 0 Å². The Bertz CT molecular complexity index is 901. The summed E-state index contributed by atoms with van der Waals surface area (Å²) < 4.78 is 13.8. The van der Waals surface area contributed by atoms with Gasteiger partial charge in [-0.1, -0.05) is 74.4 Å². The van der Waals surface area contributed by atoms with Crippen LogP contribution in [0, 0.1) is 11.7 Å². The van der Waals surface area contributed by atoms with Crippen molar-refractivity contribution in [3.05, 3.63) is 83.2 Å². The largest absolute Gasteiger partial charge is 0.206 e. The van der Waals surface area contributed by atoms with Gasteiger partial charge in [0.15, 0.2) is 0 Å². The molecule has 146 valence electrons. The predicted octanol–water partition coefficient (Wildman–Crippen LogP) is 7.84. The van der Waals surface area contributed by atoms with E-state index in [4.69, 9.17) is 0 Å². The fourth-order valence-corrected chi connectivity index (χ4v) is 4.89. The van der Waals surface area contributed by atoms with Crippen LogP contribution < -0.4 is 0 Å². The molecule has 28 heavy (non-hydrogen) atoms. The molecular weight excluding hydrogens is 343 g/mol. The summed E-state index contributed by atoms with van der Waals surface area (Å²) >= 11 is 0. The molecule has 1 heteroatoms. The van der Waals surface area contributed by atoms with Gasteiger partial charge in [-0.05, 0) is 78.5 Å². The number of hydrogen-bond acceptors (Lipinski definition) is 0. The molecule has 0 bridgehead atoms. The molecule has 4 rings (SSSR count). The fourth-order valence-electron chi connectivity index (χ4n) is 4.89. The van der Waals surface area contributed by atoms with Gasteiger partial charge in [0.05, 0.1) is 0 Å². The highest BCUT2D eigenvalue weighted by Crippen LogP contribution is 2.37. The highest BCUT2D eigenvalue weighted by Gasteiger charge is 2.21. The van der Waals surface area contributed by atoms with Crippen LogP contribution in [0.1, 0.15) is 68.1 Å². The molecule has 0 N–H and O–H groups in total. The Kier molecular flexibility index (Phi) is 6.10. The quantitative estimate of drug-likeness (QED) is 0.412. The summed E-state index contributed by atoms with van der Waals surface area (Å²) in [6.45, 7) is 2.31. The highest BCUT2D eigenvalue weighted by molar-refractivity contribution is 5.83. The number of halogens is 1. The van der Waals surface area contributed by atoms with Crippen molar-refractivity contribution in [2.75, 3.05) is 0 Å². The maximum Gasteiger partial charge on any atom is 0.131 e. The first kappa shape index (κ1) is 19.2. The Morgan fingerprint density at radius 3 is 2.29 bits per heavy atom. The maximum atomic E-state index is 13.8. The summed E-state index contributed by atoms with van der Waals surface area (Å²) in [4.78, 5) is 0. The average Bonchev–Trinajstić information content (AvgIpc) is 2.74. The zero-order valence-electron chi connectivity index (χ0n) is 17.0. The molecule has 0 spiro atoms. The van der Waals surface area contributed by atoms with Crippen LogP contribution in [0.3, 0.4) is 0 Å². The van der Waals surface area contributed by atoms with Crippen molar-refractivity contribution in [2.24, 2.45) is 5.92 Å². The molecule has 1 aliphatic rings. The highest BCUT2D eigenvalue weighted by atomic mass is 19.1. The standard InChI is InChI=1S/C27H31F/c1-2-4-20-9-14-23(15-10-20)24-16-11-21(12-17-24)7-8-22-13-18-26-25(19-22)5-3-6-27(26)28/h3,5-6,11-13,16-20,23H,2,4,7-10,14-15H2,1H3. The van der Waals surface area contributed by atoms with E-state index < -0.39 is 0 Å². The van der Waals surface area contributed by atoms with E-state index in [0.717, 1.165) is 30.1 Å². The molecule has 1 aliphatic carbocycles. The lowest BCUT2D eigenvalue weighted by Gasteiger charge is -2.28. The summed E-state index contributed by atoms with van der Waals surface area (Å²) in [6.07, 6.45) is 10.3. The summed E-state index contributed by atoms with van der Waals surface area (Å²) in [6, 6.07) is 20.8. The Balaban J connectivity index is 1.35. The first-order valence-corrected chi connectivity index (χ1v) is 11.0. The van der Waals surface area contributed by atoms with Crippen LogP contribution in [0.5, 0.6) is 0 Å². The van der Waals surface area contributed by atoms with Crippen LogP contribution in [0.25, 0.3) is 10.8 Å². The van der Waals surface area contributed by atoms with Crippen LogP contribution in [-0.4, -0.2) is 0 Å². The third-order valence-electron chi connectivity index (χ3n) is 6.59. The maximum absolute atomic E-state index is 13.8. The lowest BCUT2D eigenvalue weighted by molar-refractivity contribution is 0.308. The number of hydrogen-bond donors (Lipinski definition) is 0. The van der Waals surface area contributed by atoms with Gasteiger partial charge in [-0.3, -0.25) is 0 Å². The molecule has 1 saturated carbocycles. The van der Waals surface area contributed by atoms with Crippen LogP contribution >= 0.6 is 0 Å². The average molecular weight is 375 g/mol. The number of benzene rings is 3. The van der Waals surface area contributed by atoms with E-state index in [1.54, 1.807) is 6.07 Å². The van der Waals surface area contributed by atoms with Crippen molar-refractivity contribution in [1.29, 1.82) is 0 Å². The molecule has 0 saturated heterocycles. The van der Waals surface area contributed by atoms with Crippen molar-refractivity contribution in [2.45, 2.75) is 64.2 Å². The van der Waals surface area contributed by atoms with E-state index in [2.05, 4.69) is 43.3 Å². The molecule has 0 atom stereocenters. The minimum absolute atomic E-state index is 0.136. The van der Waals surface area contributed by atoms with Crippen LogP contribution in [0.4, 0.5) is 4.39 Å². The lowest BCUT2D eigenvalue weighted by atomic mass is 9.77. The summed E-state index contributed by atoms with van der Waals surface area (Å²) in [7, 11) is 0. The molecular formula is C27H31F. The third-order valence-corrected chi connectivity index (χ3v) is 6.59. The van der Waals surface area contributed by atoms with Crippen molar-refractivity contribution < 1.29 is 4.39 Å². The SMILES string of the molecule is CCCC1CCC(c2ccc(CCc3ccc4c(F)cccc4c3)cc2)CC1. The number of aryl methyl sites for hydroxylation is 2. The molecule has 1 fully saturated rings. The summed E-state index contributed by atoms with van der Waals surface area (Å²) in [5.41, 5.74) is 4.19. The second-order valence-corrected chi connectivity index (χ2v) is 8.54. The zero-order valence-corrected chi connectivity index (χ0v) is 17.0. The van der Waals surface area contributed by atoms with Crippen molar-refractivity contribution in [3.8, 4) is 0 Å². The van der Waals surface area contributed by atoms with Gasteiger partial charge in [-0.15, -0.1) is 0 Å². The first-order chi connectivity index (χ1) is 13.7.